The van der Waals surface area contributed by atoms with Crippen molar-refractivity contribution in [1.82, 2.24) is 4.57 Å². The van der Waals surface area contributed by atoms with Crippen molar-refractivity contribution in [2.75, 3.05) is 35.7 Å². The van der Waals surface area contributed by atoms with Gasteiger partial charge in [0.05, 0.1) is 30.4 Å². The highest BCUT2D eigenvalue weighted by molar-refractivity contribution is 7.99. The highest BCUT2D eigenvalue weighted by atomic mass is 32.2. The summed E-state index contributed by atoms with van der Waals surface area (Å²) in [5, 5.41) is 12.8. The molecule has 1 amide bonds. The number of fused-ring (bicyclic) bond motifs is 1. The molecule has 2 aromatic rings. The van der Waals surface area contributed by atoms with Crippen molar-refractivity contribution < 1.29 is 9.53 Å². The van der Waals surface area contributed by atoms with Crippen molar-refractivity contribution >= 4 is 29.2 Å². The molecule has 0 saturated carbocycles. The van der Waals surface area contributed by atoms with E-state index in [4.69, 9.17) is 4.74 Å². The zero-order valence-corrected chi connectivity index (χ0v) is 18.4. The number of hydrogen-bond donors (Lipinski definition) is 1. The number of thioether (sulfide) groups is 1. The third-order valence-electron chi connectivity index (χ3n) is 5.98. The molecule has 2 aliphatic rings. The average Bonchev–Trinajstić information content (AvgIpc) is 3.27. The highest BCUT2D eigenvalue weighted by Gasteiger charge is 2.25. The maximum absolute atomic E-state index is 13.1. The summed E-state index contributed by atoms with van der Waals surface area (Å²) < 4.78 is 7.85. The number of rotatable bonds is 5. The predicted molar refractivity (Wildman–Crippen MR) is 120 cm³/mol. The fraction of sp³-hybridized carbons (Fsp3) is 0.478. The first-order valence-corrected chi connectivity index (χ1v) is 11.5. The first-order chi connectivity index (χ1) is 14.6. The summed E-state index contributed by atoms with van der Waals surface area (Å²) in [6, 6.07) is 10.5. The first-order valence-electron chi connectivity index (χ1n) is 10.6. The summed E-state index contributed by atoms with van der Waals surface area (Å²) in [5.74, 6) is 1.56. The lowest BCUT2D eigenvalue weighted by Gasteiger charge is -2.24. The van der Waals surface area contributed by atoms with Crippen molar-refractivity contribution in [1.29, 1.82) is 5.26 Å². The van der Waals surface area contributed by atoms with Gasteiger partial charge in [0.15, 0.2) is 0 Å². The smallest absolute Gasteiger partial charge is 0.245 e. The second kappa shape index (κ2) is 9.15. The van der Waals surface area contributed by atoms with Gasteiger partial charge in [0, 0.05) is 23.7 Å². The van der Waals surface area contributed by atoms with Gasteiger partial charge in [-0.05, 0) is 56.6 Å². The van der Waals surface area contributed by atoms with Gasteiger partial charge in [-0.1, -0.05) is 12.1 Å². The topological polar surface area (TPSA) is 70.3 Å². The van der Waals surface area contributed by atoms with Crippen molar-refractivity contribution in [3.05, 3.63) is 41.1 Å². The number of carbonyl (C=O) groups is 1. The third-order valence-corrected chi connectivity index (χ3v) is 7.13. The van der Waals surface area contributed by atoms with E-state index in [0.29, 0.717) is 17.9 Å². The Bertz CT molecular complexity index is 972. The van der Waals surface area contributed by atoms with E-state index in [9.17, 15) is 10.1 Å². The summed E-state index contributed by atoms with van der Waals surface area (Å²) >= 11 is 1.84. The van der Waals surface area contributed by atoms with Crippen molar-refractivity contribution in [2.45, 2.75) is 50.7 Å². The van der Waals surface area contributed by atoms with Crippen LogP contribution < -0.4 is 10.2 Å². The van der Waals surface area contributed by atoms with Crippen LogP contribution in [0.3, 0.4) is 0 Å². The second-order valence-corrected chi connectivity index (χ2v) is 9.07. The number of hydrogen-bond acceptors (Lipinski definition) is 5. The predicted octanol–water partition coefficient (Wildman–Crippen LogP) is 4.10. The molecular weight excluding hydrogens is 396 g/mol. The normalized spacial score (nSPS) is 18.6. The fourth-order valence-electron chi connectivity index (χ4n) is 4.26. The molecule has 158 valence electrons. The minimum Gasteiger partial charge on any atom is -0.376 e. The van der Waals surface area contributed by atoms with Crippen LogP contribution in [-0.4, -0.2) is 42.0 Å². The van der Waals surface area contributed by atoms with E-state index < -0.39 is 0 Å². The molecule has 1 N–H and O–H groups in total. The molecule has 4 rings (SSSR count). The molecule has 0 aliphatic carbocycles. The van der Waals surface area contributed by atoms with Gasteiger partial charge in [0.1, 0.15) is 11.9 Å². The Hall–Kier alpha value is -2.43. The molecule has 6 nitrogen and oxygen atoms in total. The van der Waals surface area contributed by atoms with Gasteiger partial charge in [-0.15, -0.1) is 11.8 Å². The maximum Gasteiger partial charge on any atom is 0.245 e. The molecule has 1 unspecified atom stereocenters. The van der Waals surface area contributed by atoms with E-state index in [-0.39, 0.29) is 18.6 Å². The molecule has 7 heteroatoms. The Kier molecular flexibility index (Phi) is 6.35. The lowest BCUT2D eigenvalue weighted by atomic mass is 10.2. The van der Waals surface area contributed by atoms with E-state index in [2.05, 4.69) is 28.4 Å². The van der Waals surface area contributed by atoms with E-state index in [1.165, 1.54) is 4.90 Å². The molecule has 1 atom stereocenters. The summed E-state index contributed by atoms with van der Waals surface area (Å²) in [4.78, 5) is 16.4. The molecule has 2 aliphatic heterocycles. The Morgan fingerprint density at radius 2 is 2.17 bits per heavy atom. The maximum atomic E-state index is 13.1. The molecule has 1 saturated heterocycles. The number of ether oxygens (including phenoxy) is 1. The number of amides is 1. The van der Waals surface area contributed by atoms with E-state index in [1.807, 2.05) is 42.3 Å². The lowest BCUT2D eigenvalue weighted by molar-refractivity contribution is -0.115. The quantitative estimate of drug-likeness (QED) is 0.783. The van der Waals surface area contributed by atoms with Gasteiger partial charge in [0.2, 0.25) is 5.91 Å². The van der Waals surface area contributed by atoms with Gasteiger partial charge in [-0.3, -0.25) is 4.79 Å². The van der Waals surface area contributed by atoms with Crippen LogP contribution in [0.15, 0.2) is 29.2 Å². The molecule has 1 aromatic heterocycles. The number of nitrogens with one attached hydrogen (secondary N) is 1. The van der Waals surface area contributed by atoms with Crippen molar-refractivity contribution in [2.24, 2.45) is 0 Å². The van der Waals surface area contributed by atoms with Crippen molar-refractivity contribution in [3.63, 3.8) is 0 Å². The zero-order chi connectivity index (χ0) is 21.1. The average molecular weight is 425 g/mol. The number of carbonyl (C=O) groups excluding carboxylic acids is 1. The van der Waals surface area contributed by atoms with Gasteiger partial charge in [-0.2, -0.15) is 5.26 Å². The zero-order valence-electron chi connectivity index (χ0n) is 17.6. The number of benzene rings is 1. The number of aromatic nitrogens is 1. The highest BCUT2D eigenvalue weighted by Crippen LogP contribution is 2.33. The fourth-order valence-corrected chi connectivity index (χ4v) is 5.27. The molecular formula is C23H28N4O2S. The van der Waals surface area contributed by atoms with Crippen LogP contribution in [0.1, 0.15) is 36.1 Å². The van der Waals surface area contributed by atoms with Crippen LogP contribution in [0.4, 0.5) is 11.5 Å². The minimum absolute atomic E-state index is 0.0979. The van der Waals surface area contributed by atoms with E-state index in [1.54, 1.807) is 0 Å². The van der Waals surface area contributed by atoms with Gasteiger partial charge < -0.3 is 19.5 Å². The van der Waals surface area contributed by atoms with E-state index in [0.717, 1.165) is 55.1 Å². The van der Waals surface area contributed by atoms with Gasteiger partial charge >= 0.3 is 0 Å². The Morgan fingerprint density at radius 1 is 1.33 bits per heavy atom. The Labute approximate surface area is 182 Å². The lowest BCUT2D eigenvalue weighted by Crippen LogP contribution is -2.34. The monoisotopic (exact) mass is 424 g/mol. The first kappa shape index (κ1) is 20.8. The minimum atomic E-state index is -0.0979. The summed E-state index contributed by atoms with van der Waals surface area (Å²) in [6.45, 7) is 6.50. The Balaban J connectivity index is 1.56. The van der Waals surface area contributed by atoms with Crippen molar-refractivity contribution in [3.8, 4) is 6.07 Å². The van der Waals surface area contributed by atoms with Crippen LogP contribution >= 0.6 is 11.8 Å². The molecule has 3 heterocycles. The van der Waals surface area contributed by atoms with Crippen LogP contribution in [0.5, 0.6) is 0 Å². The Morgan fingerprint density at radius 3 is 2.93 bits per heavy atom. The largest absolute Gasteiger partial charge is 0.376 e. The van der Waals surface area contributed by atoms with Crippen LogP contribution in [0.2, 0.25) is 0 Å². The van der Waals surface area contributed by atoms with Crippen LogP contribution in [-0.2, 0) is 16.1 Å². The third kappa shape index (κ3) is 4.21. The van der Waals surface area contributed by atoms with Gasteiger partial charge in [0.25, 0.3) is 0 Å². The van der Waals surface area contributed by atoms with Gasteiger partial charge in [-0.25, -0.2) is 0 Å². The number of anilines is 2. The molecule has 1 aromatic carbocycles. The summed E-state index contributed by atoms with van der Waals surface area (Å²) in [7, 11) is 0. The summed E-state index contributed by atoms with van der Waals surface area (Å²) in [5.41, 5.74) is 3.58. The van der Waals surface area contributed by atoms with Crippen LogP contribution in [0.25, 0.3) is 0 Å². The second-order valence-electron chi connectivity index (χ2n) is 7.93. The molecule has 0 bridgehead atoms. The SMILES string of the molecule is Cc1c(C#N)c(NC(=O)CN2CCCSc3ccccc32)n(CC2CCCO2)c1C. The summed E-state index contributed by atoms with van der Waals surface area (Å²) in [6.07, 6.45) is 3.23. The van der Waals surface area contributed by atoms with E-state index >= 15 is 0 Å². The molecule has 1 fully saturated rings. The molecule has 0 radical (unpaired) electrons. The standard InChI is InChI=1S/C23H28N4O2S/c1-16-17(2)27(14-18-7-5-11-29-18)23(19(16)13-24)25-22(28)15-26-10-6-12-30-21-9-4-3-8-20(21)26/h3-4,8-9,18H,5-7,10-12,14-15H2,1-2H3,(H,25,28). The van der Waals surface area contributed by atoms with Crippen LogP contribution in [0, 0.1) is 25.2 Å². The number of nitrogens with zero attached hydrogens (tertiary/aromatic N) is 3. The molecule has 0 spiro atoms. The number of nitriles is 1. The number of para-hydroxylation sites is 1. The molecule has 30 heavy (non-hydrogen) atoms.